The van der Waals surface area contributed by atoms with Crippen LogP contribution in [0.5, 0.6) is 0 Å². The van der Waals surface area contributed by atoms with Crippen molar-refractivity contribution in [2.45, 2.75) is 46.3 Å². The maximum absolute atomic E-state index is 13.0. The van der Waals surface area contributed by atoms with Crippen LogP contribution < -0.4 is 10.6 Å². The van der Waals surface area contributed by atoms with E-state index in [0.29, 0.717) is 18.1 Å². The van der Waals surface area contributed by atoms with Crippen molar-refractivity contribution in [2.75, 3.05) is 27.2 Å². The molecule has 2 heterocycles. The summed E-state index contributed by atoms with van der Waals surface area (Å²) in [5, 5.41) is 5.79. The van der Waals surface area contributed by atoms with E-state index in [1.165, 1.54) is 0 Å². The van der Waals surface area contributed by atoms with Crippen LogP contribution >= 0.6 is 0 Å². The molecule has 0 bridgehead atoms. The number of fused-ring (bicyclic) bond motifs is 1. The lowest BCUT2D eigenvalue weighted by Gasteiger charge is -2.30. The average molecular weight is 361 g/mol. The number of Topliss-reactive ketones (excluding diaryl/α,β-unsaturated/α-hetero) is 1. The van der Waals surface area contributed by atoms with Crippen LogP contribution in [0.25, 0.3) is 6.08 Å². The second-order valence-electron chi connectivity index (χ2n) is 7.98. The van der Waals surface area contributed by atoms with E-state index >= 15 is 0 Å². The molecule has 1 aromatic rings. The minimum Gasteiger partial charge on any atom is -0.340 e. The number of ketones is 1. The molecular weight excluding hydrogens is 330 g/mol. The molecule has 0 spiro atoms. The van der Waals surface area contributed by atoms with Gasteiger partial charge in [-0.05, 0) is 38.6 Å². The van der Waals surface area contributed by atoms with Gasteiger partial charge >= 0.3 is 0 Å². The Morgan fingerprint density at radius 3 is 2.62 bits per heavy atom. The molecule has 1 aliphatic heterocycles. The summed E-state index contributed by atoms with van der Waals surface area (Å²) in [5.41, 5.74) is 0.879. The van der Waals surface area contributed by atoms with Gasteiger partial charge in [0.1, 0.15) is 5.82 Å². The van der Waals surface area contributed by atoms with Crippen molar-refractivity contribution in [1.29, 1.82) is 0 Å². The van der Waals surface area contributed by atoms with Gasteiger partial charge in [-0.1, -0.05) is 27.4 Å². The molecule has 1 amide bonds. The summed E-state index contributed by atoms with van der Waals surface area (Å²) >= 11 is 0. The highest BCUT2D eigenvalue weighted by molar-refractivity contribution is 5.98. The maximum atomic E-state index is 13.0. The highest BCUT2D eigenvalue weighted by Gasteiger charge is 2.34. The van der Waals surface area contributed by atoms with Gasteiger partial charge in [0, 0.05) is 13.1 Å². The molecule has 144 valence electrons. The topological polar surface area (TPSA) is 79.3 Å². The zero-order valence-electron chi connectivity index (χ0n) is 16.6. The van der Waals surface area contributed by atoms with Crippen LogP contribution in [0.3, 0.4) is 0 Å². The summed E-state index contributed by atoms with van der Waals surface area (Å²) in [4.78, 5) is 32.2. The third-order valence-electron chi connectivity index (χ3n) is 4.66. The van der Waals surface area contributed by atoms with E-state index in [9.17, 15) is 9.59 Å². The van der Waals surface area contributed by atoms with Crippen molar-refractivity contribution in [2.24, 2.45) is 5.41 Å². The fourth-order valence-electron chi connectivity index (χ4n) is 3.34. The molecule has 26 heavy (non-hydrogen) atoms. The largest absolute Gasteiger partial charge is 0.340 e. The number of amides is 1. The van der Waals surface area contributed by atoms with Gasteiger partial charge in [-0.2, -0.15) is 0 Å². The number of nitrogens with zero attached hydrogens (tertiary/aromatic N) is 3. The third kappa shape index (κ3) is 4.40. The minimum atomic E-state index is -0.588. The smallest absolute Gasteiger partial charge is 0.272 e. The molecule has 7 nitrogen and oxygen atoms in total. The van der Waals surface area contributed by atoms with E-state index in [-0.39, 0.29) is 18.2 Å². The summed E-state index contributed by atoms with van der Waals surface area (Å²) in [6.45, 7) is 12.3. The predicted octanol–water partition coefficient (Wildman–Crippen LogP) is 1.29. The Labute approximate surface area is 155 Å². The first-order chi connectivity index (χ1) is 12.2. The maximum Gasteiger partial charge on any atom is 0.272 e. The summed E-state index contributed by atoms with van der Waals surface area (Å²) < 4.78 is 2.06. The van der Waals surface area contributed by atoms with Crippen LogP contribution in [0, 0.1) is 5.41 Å². The molecule has 0 aliphatic carbocycles. The fourth-order valence-corrected chi connectivity index (χ4v) is 3.34. The van der Waals surface area contributed by atoms with Gasteiger partial charge in [0.05, 0.1) is 18.3 Å². The Morgan fingerprint density at radius 1 is 1.35 bits per heavy atom. The first-order valence-electron chi connectivity index (χ1n) is 9.07. The van der Waals surface area contributed by atoms with E-state index in [2.05, 4.69) is 31.7 Å². The van der Waals surface area contributed by atoms with Gasteiger partial charge in [0.25, 0.3) is 5.91 Å². The van der Waals surface area contributed by atoms with Gasteiger partial charge in [-0.3, -0.25) is 9.59 Å². The highest BCUT2D eigenvalue weighted by atomic mass is 16.2. The highest BCUT2D eigenvalue weighted by Crippen LogP contribution is 2.23. The van der Waals surface area contributed by atoms with Crippen LogP contribution in [-0.2, 0) is 17.9 Å². The summed E-state index contributed by atoms with van der Waals surface area (Å²) in [6.07, 6.45) is 2.67. The number of hydrogen-bond donors (Lipinski definition) is 2. The molecule has 0 fully saturated rings. The molecule has 0 saturated carbocycles. The second-order valence-corrected chi connectivity index (χ2v) is 7.98. The lowest BCUT2D eigenvalue weighted by molar-refractivity contribution is -0.122. The number of aromatic nitrogens is 2. The van der Waals surface area contributed by atoms with Gasteiger partial charge in [-0.25, -0.2) is 4.98 Å². The zero-order chi connectivity index (χ0) is 19.5. The quantitative estimate of drug-likeness (QED) is 0.798. The molecule has 1 aliphatic rings. The lowest BCUT2D eigenvalue weighted by Crippen LogP contribution is -2.51. The van der Waals surface area contributed by atoms with Crippen molar-refractivity contribution in [1.82, 2.24) is 25.1 Å². The normalized spacial score (nSPS) is 16.5. The van der Waals surface area contributed by atoms with E-state index in [0.717, 1.165) is 25.2 Å². The van der Waals surface area contributed by atoms with Crippen molar-refractivity contribution >= 4 is 17.8 Å². The fraction of sp³-hybridized carbons (Fsp3) is 0.632. The standard InChI is InChI=1S/C19H31N5O2/c1-7-15-21-16(13-12-23(6)9-8-10-24(13)15)18(26)22-17(19(2,3)4)14(25)11-20-5/h7,17,20H,1,8-12H2,2-6H3,(H,22,26)/t17-/m1/s1. The Kier molecular flexibility index (Phi) is 6.36. The molecule has 0 saturated heterocycles. The predicted molar refractivity (Wildman–Crippen MR) is 103 cm³/mol. The van der Waals surface area contributed by atoms with Crippen LogP contribution in [0.15, 0.2) is 6.58 Å². The van der Waals surface area contributed by atoms with Crippen molar-refractivity contribution in [3.8, 4) is 0 Å². The number of imidazole rings is 1. The lowest BCUT2D eigenvalue weighted by atomic mass is 9.84. The Morgan fingerprint density at radius 2 is 2.04 bits per heavy atom. The van der Waals surface area contributed by atoms with Crippen molar-refractivity contribution in [3.05, 3.63) is 23.8 Å². The summed E-state index contributed by atoms with van der Waals surface area (Å²) in [7, 11) is 3.76. The SMILES string of the molecule is C=Cc1nc(C(=O)N[C@H](C(=O)CNC)C(C)(C)C)c2n1CCCN(C)C2. The van der Waals surface area contributed by atoms with Gasteiger partial charge in [0.2, 0.25) is 0 Å². The number of carbonyl (C=O) groups excluding carboxylic acids is 2. The first kappa shape index (κ1) is 20.3. The third-order valence-corrected chi connectivity index (χ3v) is 4.66. The molecular formula is C19H31N5O2. The summed E-state index contributed by atoms with van der Waals surface area (Å²) in [6, 6.07) is -0.588. The zero-order valence-corrected chi connectivity index (χ0v) is 16.6. The van der Waals surface area contributed by atoms with Crippen LogP contribution in [0.2, 0.25) is 0 Å². The molecule has 2 rings (SSSR count). The molecule has 0 unspecified atom stereocenters. The van der Waals surface area contributed by atoms with Crippen LogP contribution in [-0.4, -0.2) is 59.4 Å². The molecule has 0 aromatic carbocycles. The molecule has 0 radical (unpaired) electrons. The van der Waals surface area contributed by atoms with E-state index < -0.39 is 11.5 Å². The van der Waals surface area contributed by atoms with Gasteiger partial charge in [0.15, 0.2) is 11.5 Å². The van der Waals surface area contributed by atoms with E-state index in [4.69, 9.17) is 0 Å². The van der Waals surface area contributed by atoms with Crippen LogP contribution in [0.1, 0.15) is 49.2 Å². The Bertz CT molecular complexity index is 687. The van der Waals surface area contributed by atoms with Gasteiger partial charge in [-0.15, -0.1) is 0 Å². The first-order valence-corrected chi connectivity index (χ1v) is 9.07. The number of carbonyl (C=O) groups is 2. The Balaban J connectivity index is 2.35. The number of likely N-dealkylation sites (N-methyl/N-ethyl adjacent to an activating group) is 1. The summed E-state index contributed by atoms with van der Waals surface area (Å²) in [5.74, 6) is 0.357. The molecule has 2 N–H and O–H groups in total. The van der Waals surface area contributed by atoms with Crippen LogP contribution in [0.4, 0.5) is 0 Å². The Hall–Kier alpha value is -1.99. The van der Waals surface area contributed by atoms with Gasteiger partial charge < -0.3 is 20.1 Å². The monoisotopic (exact) mass is 361 g/mol. The second kappa shape index (κ2) is 8.14. The van der Waals surface area contributed by atoms with Crippen molar-refractivity contribution < 1.29 is 9.59 Å². The molecule has 1 atom stereocenters. The molecule has 7 heteroatoms. The molecule has 1 aromatic heterocycles. The number of nitrogens with one attached hydrogen (secondary N) is 2. The van der Waals surface area contributed by atoms with E-state index in [1.807, 2.05) is 27.8 Å². The average Bonchev–Trinajstić information content (AvgIpc) is 2.77. The minimum absolute atomic E-state index is 0.0419. The van der Waals surface area contributed by atoms with E-state index in [1.54, 1.807) is 13.1 Å². The number of rotatable bonds is 6. The number of hydrogen-bond acceptors (Lipinski definition) is 5. The van der Waals surface area contributed by atoms with Crippen molar-refractivity contribution in [3.63, 3.8) is 0 Å².